The topological polar surface area (TPSA) is 23.6 Å². The average Bonchev–Trinajstić information content (AvgIpc) is 2.65. The highest BCUT2D eigenvalue weighted by molar-refractivity contribution is 5.81. The summed E-state index contributed by atoms with van der Waals surface area (Å²) >= 11 is 0. The maximum absolute atomic E-state index is 12.2. The Hall–Kier alpha value is -0.830. The van der Waals surface area contributed by atoms with E-state index in [2.05, 4.69) is 31.9 Å². The fraction of sp³-hybridized carbons (Fsp3) is 0.800. The van der Waals surface area contributed by atoms with Crippen molar-refractivity contribution >= 4 is 5.91 Å². The van der Waals surface area contributed by atoms with Crippen LogP contribution in [0.2, 0.25) is 0 Å². The Labute approximate surface area is 111 Å². The van der Waals surface area contributed by atoms with Crippen LogP contribution in [0.3, 0.4) is 0 Å². The summed E-state index contributed by atoms with van der Waals surface area (Å²) in [6.45, 7) is 8.33. The van der Waals surface area contributed by atoms with Gasteiger partial charge in [0.1, 0.15) is 0 Å². The lowest BCUT2D eigenvalue weighted by Crippen LogP contribution is -2.27. The summed E-state index contributed by atoms with van der Waals surface area (Å²) in [5, 5.41) is 0. The summed E-state index contributed by atoms with van der Waals surface area (Å²) in [6.07, 6.45) is 5.67. The third kappa shape index (κ3) is 2.77. The van der Waals surface area contributed by atoms with Gasteiger partial charge >= 0.3 is 0 Å². The minimum absolute atomic E-state index is 0.262. The molecule has 2 aliphatic rings. The van der Waals surface area contributed by atoms with E-state index in [0.717, 1.165) is 32.5 Å². The Morgan fingerprint density at radius 3 is 2.78 bits per heavy atom. The van der Waals surface area contributed by atoms with Crippen LogP contribution in [0.25, 0.3) is 0 Å². The number of carbonyl (C=O) groups is 1. The summed E-state index contributed by atoms with van der Waals surface area (Å²) in [7, 11) is 2.18. The first kappa shape index (κ1) is 13.6. The molecule has 18 heavy (non-hydrogen) atoms. The maximum atomic E-state index is 12.2. The molecule has 1 amide bonds. The Morgan fingerprint density at radius 2 is 2.17 bits per heavy atom. The van der Waals surface area contributed by atoms with Crippen LogP contribution in [0.5, 0.6) is 0 Å². The molecule has 1 saturated heterocycles. The second kappa shape index (κ2) is 5.87. The fourth-order valence-electron chi connectivity index (χ4n) is 3.40. The number of nitrogens with zero attached hydrogens (tertiary/aromatic N) is 2. The molecule has 0 bridgehead atoms. The van der Waals surface area contributed by atoms with Crippen LogP contribution in [-0.2, 0) is 4.79 Å². The molecule has 2 atom stereocenters. The zero-order valence-electron chi connectivity index (χ0n) is 12.0. The molecule has 2 rings (SSSR count). The molecule has 0 aromatic rings. The first-order valence-corrected chi connectivity index (χ1v) is 7.30. The molecule has 2 heterocycles. The second-order valence-electron chi connectivity index (χ2n) is 5.74. The van der Waals surface area contributed by atoms with Gasteiger partial charge in [-0.05, 0) is 39.2 Å². The lowest BCUT2D eigenvalue weighted by molar-refractivity contribution is -0.131. The van der Waals surface area contributed by atoms with Crippen LogP contribution in [-0.4, -0.2) is 48.9 Å². The first-order valence-electron chi connectivity index (χ1n) is 7.30. The minimum Gasteiger partial charge on any atom is -0.342 e. The number of carbonyl (C=O) groups excluding carboxylic acids is 1. The molecule has 3 nitrogen and oxygen atoms in total. The van der Waals surface area contributed by atoms with E-state index in [9.17, 15) is 4.79 Å². The molecule has 0 radical (unpaired) electrons. The fourth-order valence-corrected chi connectivity index (χ4v) is 3.40. The molecule has 0 N–H and O–H groups in total. The number of hydrogen-bond acceptors (Lipinski definition) is 2. The van der Waals surface area contributed by atoms with E-state index < -0.39 is 0 Å². The van der Waals surface area contributed by atoms with E-state index >= 15 is 0 Å². The zero-order valence-corrected chi connectivity index (χ0v) is 12.0. The van der Waals surface area contributed by atoms with E-state index in [0.29, 0.717) is 11.8 Å². The normalized spacial score (nSPS) is 29.8. The molecule has 2 unspecified atom stereocenters. The van der Waals surface area contributed by atoms with E-state index in [1.165, 1.54) is 18.5 Å². The van der Waals surface area contributed by atoms with Crippen molar-refractivity contribution in [2.75, 3.05) is 33.2 Å². The molecular weight excluding hydrogens is 224 g/mol. The standard InChI is InChI=1S/C15H26N2O/c1-4-14-13(11-17(5-2)15(14)18)9-12-7-6-8-16(3)10-12/h7,13-14H,4-6,8-11H2,1-3H3. The molecule has 3 heteroatoms. The lowest BCUT2D eigenvalue weighted by Gasteiger charge is -2.25. The minimum atomic E-state index is 0.262. The third-order valence-corrected chi connectivity index (χ3v) is 4.42. The lowest BCUT2D eigenvalue weighted by atomic mass is 9.86. The predicted octanol–water partition coefficient (Wildman–Crippen LogP) is 2.14. The largest absolute Gasteiger partial charge is 0.342 e. The van der Waals surface area contributed by atoms with Gasteiger partial charge in [-0.1, -0.05) is 18.6 Å². The molecule has 2 aliphatic heterocycles. The molecule has 0 aromatic heterocycles. The maximum Gasteiger partial charge on any atom is 0.226 e. The first-order chi connectivity index (χ1) is 8.65. The van der Waals surface area contributed by atoms with E-state index in [1.807, 2.05) is 4.90 Å². The van der Waals surface area contributed by atoms with Crippen molar-refractivity contribution in [1.29, 1.82) is 0 Å². The molecule has 0 aliphatic carbocycles. The summed E-state index contributed by atoms with van der Waals surface area (Å²) in [5.41, 5.74) is 1.54. The van der Waals surface area contributed by atoms with E-state index in [1.54, 1.807) is 0 Å². The van der Waals surface area contributed by atoms with E-state index in [-0.39, 0.29) is 5.92 Å². The van der Waals surface area contributed by atoms with Crippen molar-refractivity contribution in [3.63, 3.8) is 0 Å². The SMILES string of the molecule is CCC1C(=O)N(CC)CC1CC1=CCCN(C)C1. The van der Waals surface area contributed by atoms with Gasteiger partial charge in [-0.3, -0.25) is 4.79 Å². The van der Waals surface area contributed by atoms with Crippen LogP contribution < -0.4 is 0 Å². The number of likely N-dealkylation sites (N-methyl/N-ethyl adjacent to an activating group) is 1. The monoisotopic (exact) mass is 250 g/mol. The Kier molecular flexibility index (Phi) is 4.44. The summed E-state index contributed by atoms with van der Waals surface area (Å²) in [5.74, 6) is 1.19. The van der Waals surface area contributed by atoms with Gasteiger partial charge in [-0.15, -0.1) is 0 Å². The molecule has 102 valence electrons. The smallest absolute Gasteiger partial charge is 0.226 e. The van der Waals surface area contributed by atoms with Gasteiger partial charge in [0.2, 0.25) is 5.91 Å². The molecule has 0 spiro atoms. The van der Waals surface area contributed by atoms with Crippen molar-refractivity contribution in [3.05, 3.63) is 11.6 Å². The van der Waals surface area contributed by atoms with Gasteiger partial charge in [0, 0.05) is 32.1 Å². The van der Waals surface area contributed by atoms with Crippen LogP contribution in [0.4, 0.5) is 0 Å². The highest BCUT2D eigenvalue weighted by Crippen LogP contribution is 2.32. The number of rotatable bonds is 4. The summed E-state index contributed by atoms with van der Waals surface area (Å²) in [4.78, 5) is 16.6. The zero-order chi connectivity index (χ0) is 13.1. The summed E-state index contributed by atoms with van der Waals surface area (Å²) in [6, 6.07) is 0. The second-order valence-corrected chi connectivity index (χ2v) is 5.74. The quantitative estimate of drug-likeness (QED) is 0.714. The van der Waals surface area contributed by atoms with Gasteiger partial charge < -0.3 is 9.80 Å². The van der Waals surface area contributed by atoms with Gasteiger partial charge in [-0.25, -0.2) is 0 Å². The molecular formula is C15H26N2O. The van der Waals surface area contributed by atoms with Crippen molar-refractivity contribution < 1.29 is 4.79 Å². The van der Waals surface area contributed by atoms with Crippen molar-refractivity contribution in [2.45, 2.75) is 33.1 Å². The summed E-state index contributed by atoms with van der Waals surface area (Å²) < 4.78 is 0. The Bertz CT molecular complexity index is 337. The van der Waals surface area contributed by atoms with Crippen LogP contribution in [0.15, 0.2) is 11.6 Å². The number of likely N-dealkylation sites (tertiary alicyclic amines) is 1. The Balaban J connectivity index is 2.00. The molecule has 1 fully saturated rings. The predicted molar refractivity (Wildman–Crippen MR) is 74.3 cm³/mol. The van der Waals surface area contributed by atoms with Crippen molar-refractivity contribution in [1.82, 2.24) is 9.80 Å². The average molecular weight is 250 g/mol. The number of hydrogen-bond donors (Lipinski definition) is 0. The van der Waals surface area contributed by atoms with Crippen molar-refractivity contribution in [2.24, 2.45) is 11.8 Å². The Morgan fingerprint density at radius 1 is 1.39 bits per heavy atom. The van der Waals surface area contributed by atoms with Crippen LogP contribution in [0, 0.1) is 11.8 Å². The van der Waals surface area contributed by atoms with Crippen LogP contribution in [0.1, 0.15) is 33.1 Å². The van der Waals surface area contributed by atoms with Crippen molar-refractivity contribution in [3.8, 4) is 0 Å². The van der Waals surface area contributed by atoms with Gasteiger partial charge in [0.15, 0.2) is 0 Å². The molecule has 0 saturated carbocycles. The van der Waals surface area contributed by atoms with Gasteiger partial charge in [-0.2, -0.15) is 0 Å². The molecule has 0 aromatic carbocycles. The highest BCUT2D eigenvalue weighted by Gasteiger charge is 2.38. The van der Waals surface area contributed by atoms with Gasteiger partial charge in [0.05, 0.1) is 0 Å². The third-order valence-electron chi connectivity index (χ3n) is 4.42. The van der Waals surface area contributed by atoms with E-state index in [4.69, 9.17) is 0 Å². The highest BCUT2D eigenvalue weighted by atomic mass is 16.2. The van der Waals surface area contributed by atoms with Crippen LogP contribution >= 0.6 is 0 Å². The van der Waals surface area contributed by atoms with Gasteiger partial charge in [0.25, 0.3) is 0 Å². The number of amides is 1.